The van der Waals surface area contributed by atoms with Crippen LogP contribution < -0.4 is 5.73 Å². The van der Waals surface area contributed by atoms with E-state index in [9.17, 15) is 0 Å². The van der Waals surface area contributed by atoms with Crippen molar-refractivity contribution < 1.29 is 0 Å². The maximum absolute atomic E-state index is 6.57. The van der Waals surface area contributed by atoms with E-state index in [0.29, 0.717) is 11.3 Å². The van der Waals surface area contributed by atoms with Crippen molar-refractivity contribution in [2.24, 2.45) is 5.73 Å². The van der Waals surface area contributed by atoms with Gasteiger partial charge in [-0.2, -0.15) is 0 Å². The second kappa shape index (κ2) is 2.18. The van der Waals surface area contributed by atoms with E-state index in [2.05, 4.69) is 13.2 Å². The van der Waals surface area contributed by atoms with Gasteiger partial charge in [-0.3, -0.25) is 0 Å². The maximum Gasteiger partial charge on any atom is 0.0323 e. The van der Waals surface area contributed by atoms with Crippen molar-refractivity contribution in [3.8, 4) is 0 Å². The highest BCUT2D eigenvalue weighted by Gasteiger charge is 1.83. The first-order valence-electron chi connectivity index (χ1n) is 1.82. The molecule has 0 aromatic rings. The van der Waals surface area contributed by atoms with Crippen molar-refractivity contribution in [1.82, 2.24) is 0 Å². The van der Waals surface area contributed by atoms with E-state index in [0.717, 1.165) is 6.21 Å². The average molecular weight is 96.1 g/mol. The number of hydrogen-bond donors (Lipinski definition) is 2. The topological polar surface area (TPSA) is 49.9 Å². The van der Waals surface area contributed by atoms with E-state index in [1.165, 1.54) is 0 Å². The Labute approximate surface area is 42.8 Å². The van der Waals surface area contributed by atoms with E-state index < -0.39 is 0 Å². The first kappa shape index (κ1) is 5.95. The molecule has 0 heterocycles. The van der Waals surface area contributed by atoms with Crippen LogP contribution in [0.2, 0.25) is 0 Å². The van der Waals surface area contributed by atoms with Crippen molar-refractivity contribution >= 4 is 6.21 Å². The fourth-order valence-corrected chi connectivity index (χ4v) is 0.0927. The fraction of sp³-hybridized carbons (Fsp3) is 0. The molecule has 38 valence electrons. The number of nitrogens with one attached hydrogen (secondary N) is 1. The van der Waals surface area contributed by atoms with Crippen LogP contribution in [0.4, 0.5) is 0 Å². The Morgan fingerprint density at radius 3 is 2.00 bits per heavy atom. The van der Waals surface area contributed by atoms with Crippen LogP contribution in [0.5, 0.6) is 0 Å². The summed E-state index contributed by atoms with van der Waals surface area (Å²) in [5, 5.41) is 6.57. The molecular formula is C5H8N2. The minimum Gasteiger partial charge on any atom is -0.399 e. The van der Waals surface area contributed by atoms with E-state index in [-0.39, 0.29) is 0 Å². The zero-order chi connectivity index (χ0) is 5.86. The van der Waals surface area contributed by atoms with Crippen LogP contribution in [0, 0.1) is 5.41 Å². The van der Waals surface area contributed by atoms with Crippen LogP contribution in [0.25, 0.3) is 0 Å². The predicted molar refractivity (Wildman–Crippen MR) is 31.3 cm³/mol. The third kappa shape index (κ3) is 1.76. The van der Waals surface area contributed by atoms with Crippen molar-refractivity contribution in [3.05, 3.63) is 24.4 Å². The summed E-state index contributed by atoms with van der Waals surface area (Å²) < 4.78 is 0. The van der Waals surface area contributed by atoms with Gasteiger partial charge in [0.1, 0.15) is 0 Å². The van der Waals surface area contributed by atoms with Gasteiger partial charge in [0.15, 0.2) is 0 Å². The number of rotatable bonds is 2. The normalized spacial score (nSPS) is 7.43. The SMILES string of the molecule is C=C(N)C(=C)C=N. The second-order valence-corrected chi connectivity index (χ2v) is 1.19. The fourth-order valence-electron chi connectivity index (χ4n) is 0.0927. The van der Waals surface area contributed by atoms with Gasteiger partial charge in [-0.05, 0) is 0 Å². The lowest BCUT2D eigenvalue weighted by Crippen LogP contribution is -1.97. The van der Waals surface area contributed by atoms with Crippen LogP contribution >= 0.6 is 0 Å². The van der Waals surface area contributed by atoms with Gasteiger partial charge in [-0.1, -0.05) is 13.2 Å². The van der Waals surface area contributed by atoms with Crippen LogP contribution in [0.15, 0.2) is 24.4 Å². The molecule has 0 aromatic heterocycles. The predicted octanol–water partition coefficient (Wildman–Crippen LogP) is 0.665. The molecule has 7 heavy (non-hydrogen) atoms. The Balaban J connectivity index is 3.81. The molecule has 0 amide bonds. The van der Waals surface area contributed by atoms with E-state index in [4.69, 9.17) is 11.1 Å². The Kier molecular flexibility index (Phi) is 1.85. The maximum atomic E-state index is 6.57. The van der Waals surface area contributed by atoms with Gasteiger partial charge in [0.2, 0.25) is 0 Å². The van der Waals surface area contributed by atoms with E-state index in [1.807, 2.05) is 0 Å². The summed E-state index contributed by atoms with van der Waals surface area (Å²) in [5.41, 5.74) is 5.93. The quantitative estimate of drug-likeness (QED) is 0.385. The Bertz CT molecular complexity index is 113. The summed E-state index contributed by atoms with van der Waals surface area (Å²) in [4.78, 5) is 0. The zero-order valence-electron chi connectivity index (χ0n) is 4.07. The molecule has 0 aliphatic rings. The summed E-state index contributed by atoms with van der Waals surface area (Å²) in [6, 6.07) is 0. The lowest BCUT2D eigenvalue weighted by molar-refractivity contribution is 1.40. The first-order chi connectivity index (χ1) is 3.18. The molecule has 0 rings (SSSR count). The summed E-state index contributed by atoms with van der Waals surface area (Å²) in [6.07, 6.45) is 1.07. The number of nitrogens with two attached hydrogens (primary N) is 1. The summed E-state index contributed by atoms with van der Waals surface area (Å²) in [5.74, 6) is 0. The minimum absolute atomic E-state index is 0.356. The molecule has 2 nitrogen and oxygen atoms in total. The summed E-state index contributed by atoms with van der Waals surface area (Å²) in [7, 11) is 0. The zero-order valence-corrected chi connectivity index (χ0v) is 4.07. The van der Waals surface area contributed by atoms with Crippen LogP contribution in [0.1, 0.15) is 0 Å². The largest absolute Gasteiger partial charge is 0.399 e. The molecule has 0 aliphatic heterocycles. The molecular weight excluding hydrogens is 88.1 g/mol. The molecule has 0 spiro atoms. The van der Waals surface area contributed by atoms with Gasteiger partial charge in [0.05, 0.1) is 0 Å². The number of allylic oxidation sites excluding steroid dienone is 1. The standard InChI is InChI=1S/C5H8N2/c1-4(3-6)5(2)7/h3,6H,1-2,7H2. The molecule has 3 N–H and O–H groups in total. The molecule has 0 bridgehead atoms. The molecule has 2 heteroatoms. The Hall–Kier alpha value is -1.05. The molecule has 0 unspecified atom stereocenters. The molecule has 0 atom stereocenters. The van der Waals surface area contributed by atoms with Gasteiger partial charge >= 0.3 is 0 Å². The minimum atomic E-state index is 0.356. The highest BCUT2D eigenvalue weighted by molar-refractivity contribution is 5.80. The summed E-state index contributed by atoms with van der Waals surface area (Å²) >= 11 is 0. The van der Waals surface area contributed by atoms with Crippen LogP contribution in [-0.2, 0) is 0 Å². The Morgan fingerprint density at radius 1 is 1.57 bits per heavy atom. The van der Waals surface area contributed by atoms with E-state index >= 15 is 0 Å². The highest BCUT2D eigenvalue weighted by atomic mass is 14.6. The molecule has 0 saturated carbocycles. The third-order valence-electron chi connectivity index (χ3n) is 0.587. The van der Waals surface area contributed by atoms with E-state index in [1.54, 1.807) is 0 Å². The smallest absolute Gasteiger partial charge is 0.0323 e. The van der Waals surface area contributed by atoms with Gasteiger partial charge < -0.3 is 11.1 Å². The summed E-state index contributed by atoms with van der Waals surface area (Å²) in [6.45, 7) is 6.76. The van der Waals surface area contributed by atoms with Gasteiger partial charge in [-0.25, -0.2) is 0 Å². The highest BCUT2D eigenvalue weighted by Crippen LogP contribution is 1.89. The Morgan fingerprint density at radius 2 is 2.00 bits per heavy atom. The van der Waals surface area contributed by atoms with Crippen LogP contribution in [-0.4, -0.2) is 6.21 Å². The lowest BCUT2D eigenvalue weighted by atomic mass is 10.3. The average Bonchev–Trinajstić information content (AvgIpc) is 1.65. The molecule has 0 radical (unpaired) electrons. The van der Waals surface area contributed by atoms with Crippen molar-refractivity contribution in [1.29, 1.82) is 5.41 Å². The molecule has 0 fully saturated rings. The van der Waals surface area contributed by atoms with Crippen molar-refractivity contribution in [2.75, 3.05) is 0 Å². The number of hydrogen-bond acceptors (Lipinski definition) is 2. The second-order valence-electron chi connectivity index (χ2n) is 1.19. The molecule has 0 saturated heterocycles. The molecule has 0 aliphatic carbocycles. The van der Waals surface area contributed by atoms with Gasteiger partial charge in [0.25, 0.3) is 0 Å². The molecule has 0 aromatic carbocycles. The van der Waals surface area contributed by atoms with Gasteiger partial charge in [0, 0.05) is 17.5 Å². The van der Waals surface area contributed by atoms with Gasteiger partial charge in [-0.15, -0.1) is 0 Å². The lowest BCUT2D eigenvalue weighted by Gasteiger charge is -1.90. The first-order valence-corrected chi connectivity index (χ1v) is 1.82. The third-order valence-corrected chi connectivity index (χ3v) is 0.587. The van der Waals surface area contributed by atoms with Crippen molar-refractivity contribution in [3.63, 3.8) is 0 Å². The monoisotopic (exact) mass is 96.1 g/mol. The van der Waals surface area contributed by atoms with Crippen molar-refractivity contribution in [2.45, 2.75) is 0 Å². The van der Waals surface area contributed by atoms with Crippen LogP contribution in [0.3, 0.4) is 0 Å².